The standard InChI is InChI=1S/C14H24N4S.HI/c1-10-5-8-18(9-6-10)14(15)16-7-4-13-17-11(2)12(3)19-13;/h10H,4-9H2,1-3H3,(H2,15,16);1H. The third-order valence-electron chi connectivity index (χ3n) is 3.78. The van der Waals surface area contributed by atoms with Gasteiger partial charge in [-0.15, -0.1) is 35.3 Å². The first-order valence-corrected chi connectivity index (χ1v) is 7.85. The van der Waals surface area contributed by atoms with Gasteiger partial charge in [0, 0.05) is 30.9 Å². The lowest BCUT2D eigenvalue weighted by Gasteiger charge is -2.31. The Kier molecular flexibility index (Phi) is 7.22. The fourth-order valence-electron chi connectivity index (χ4n) is 2.25. The molecule has 1 saturated heterocycles. The molecule has 114 valence electrons. The first kappa shape index (κ1) is 17.7. The molecule has 0 aliphatic carbocycles. The van der Waals surface area contributed by atoms with E-state index in [1.54, 1.807) is 11.3 Å². The van der Waals surface area contributed by atoms with Gasteiger partial charge in [0.05, 0.1) is 10.7 Å². The molecule has 2 heterocycles. The van der Waals surface area contributed by atoms with E-state index >= 15 is 0 Å². The van der Waals surface area contributed by atoms with Gasteiger partial charge < -0.3 is 10.6 Å². The van der Waals surface area contributed by atoms with Crippen LogP contribution < -0.4 is 5.73 Å². The van der Waals surface area contributed by atoms with Crippen molar-refractivity contribution in [1.29, 1.82) is 0 Å². The molecule has 6 heteroatoms. The van der Waals surface area contributed by atoms with Gasteiger partial charge in [0.25, 0.3) is 0 Å². The van der Waals surface area contributed by atoms with Crippen LogP contribution in [0.3, 0.4) is 0 Å². The Morgan fingerprint density at radius 1 is 1.40 bits per heavy atom. The van der Waals surface area contributed by atoms with Crippen LogP contribution >= 0.6 is 35.3 Å². The van der Waals surface area contributed by atoms with Crippen molar-refractivity contribution in [3.05, 3.63) is 15.6 Å². The molecule has 0 aromatic carbocycles. The Balaban J connectivity index is 0.00000200. The van der Waals surface area contributed by atoms with Gasteiger partial charge in [0.1, 0.15) is 0 Å². The van der Waals surface area contributed by atoms with E-state index in [-0.39, 0.29) is 24.0 Å². The van der Waals surface area contributed by atoms with Crippen LogP contribution in [0, 0.1) is 19.8 Å². The molecule has 20 heavy (non-hydrogen) atoms. The average molecular weight is 408 g/mol. The molecule has 1 fully saturated rings. The Labute approximate surface area is 142 Å². The maximum Gasteiger partial charge on any atom is 0.191 e. The molecule has 0 unspecified atom stereocenters. The first-order chi connectivity index (χ1) is 9.06. The molecule has 1 aromatic rings. The molecule has 0 atom stereocenters. The summed E-state index contributed by atoms with van der Waals surface area (Å²) < 4.78 is 0. The molecule has 0 saturated carbocycles. The average Bonchev–Trinajstić information content (AvgIpc) is 2.69. The summed E-state index contributed by atoms with van der Waals surface area (Å²) in [6, 6.07) is 0. The van der Waals surface area contributed by atoms with Crippen molar-refractivity contribution >= 4 is 41.3 Å². The lowest BCUT2D eigenvalue weighted by Crippen LogP contribution is -2.42. The number of halogens is 1. The number of thiazole rings is 1. The highest BCUT2D eigenvalue weighted by Gasteiger charge is 2.16. The lowest BCUT2D eigenvalue weighted by molar-refractivity contribution is 0.277. The van der Waals surface area contributed by atoms with E-state index in [1.165, 1.54) is 22.7 Å². The minimum atomic E-state index is 0. The van der Waals surface area contributed by atoms with Gasteiger partial charge in [-0.1, -0.05) is 6.92 Å². The number of aliphatic imine (C=N–C) groups is 1. The second-order valence-corrected chi connectivity index (χ2v) is 6.70. The van der Waals surface area contributed by atoms with E-state index in [2.05, 4.69) is 35.6 Å². The summed E-state index contributed by atoms with van der Waals surface area (Å²) in [4.78, 5) is 12.5. The molecule has 0 bridgehead atoms. The largest absolute Gasteiger partial charge is 0.370 e. The summed E-state index contributed by atoms with van der Waals surface area (Å²) >= 11 is 1.77. The monoisotopic (exact) mass is 408 g/mol. The van der Waals surface area contributed by atoms with Gasteiger partial charge in [0.15, 0.2) is 5.96 Å². The van der Waals surface area contributed by atoms with Crippen molar-refractivity contribution in [3.8, 4) is 0 Å². The third-order valence-corrected chi connectivity index (χ3v) is 4.91. The van der Waals surface area contributed by atoms with E-state index in [0.29, 0.717) is 5.96 Å². The SMILES string of the molecule is Cc1nc(CCN=C(N)N2CCC(C)CC2)sc1C.I. The lowest BCUT2D eigenvalue weighted by atomic mass is 10.00. The number of guanidine groups is 1. The molecule has 2 N–H and O–H groups in total. The number of aromatic nitrogens is 1. The van der Waals surface area contributed by atoms with Crippen LogP contribution in [0.4, 0.5) is 0 Å². The van der Waals surface area contributed by atoms with E-state index < -0.39 is 0 Å². The van der Waals surface area contributed by atoms with Crippen LogP contribution in [0.15, 0.2) is 4.99 Å². The highest BCUT2D eigenvalue weighted by molar-refractivity contribution is 14.0. The van der Waals surface area contributed by atoms with E-state index in [0.717, 1.165) is 37.7 Å². The molecular formula is C14H25IN4S. The van der Waals surface area contributed by atoms with Crippen molar-refractivity contribution in [2.75, 3.05) is 19.6 Å². The summed E-state index contributed by atoms with van der Waals surface area (Å²) in [7, 11) is 0. The highest BCUT2D eigenvalue weighted by Crippen LogP contribution is 2.17. The second kappa shape index (κ2) is 8.17. The number of likely N-dealkylation sites (tertiary alicyclic amines) is 1. The minimum absolute atomic E-state index is 0. The fourth-order valence-corrected chi connectivity index (χ4v) is 3.17. The van der Waals surface area contributed by atoms with Gasteiger partial charge in [0.2, 0.25) is 0 Å². The summed E-state index contributed by atoms with van der Waals surface area (Å²) in [5, 5.41) is 1.17. The Morgan fingerprint density at radius 3 is 2.60 bits per heavy atom. The summed E-state index contributed by atoms with van der Waals surface area (Å²) in [5.41, 5.74) is 7.19. The minimum Gasteiger partial charge on any atom is -0.370 e. The molecule has 0 amide bonds. The van der Waals surface area contributed by atoms with Gasteiger partial charge >= 0.3 is 0 Å². The molecule has 0 radical (unpaired) electrons. The Hall–Kier alpha value is -0.370. The van der Waals surface area contributed by atoms with E-state index in [9.17, 15) is 0 Å². The molecular weight excluding hydrogens is 383 g/mol. The highest BCUT2D eigenvalue weighted by atomic mass is 127. The van der Waals surface area contributed by atoms with Crippen molar-refractivity contribution in [3.63, 3.8) is 0 Å². The van der Waals surface area contributed by atoms with Crippen LogP contribution in [0.5, 0.6) is 0 Å². The zero-order valence-electron chi connectivity index (χ0n) is 12.6. The van der Waals surface area contributed by atoms with Crippen LogP contribution in [0.1, 0.15) is 35.3 Å². The zero-order valence-corrected chi connectivity index (χ0v) is 15.7. The first-order valence-electron chi connectivity index (χ1n) is 7.04. The number of piperidine rings is 1. The second-order valence-electron chi connectivity index (χ2n) is 5.41. The van der Waals surface area contributed by atoms with Crippen LogP contribution in [-0.2, 0) is 6.42 Å². The molecule has 0 spiro atoms. The number of rotatable bonds is 3. The summed E-state index contributed by atoms with van der Waals surface area (Å²) in [6.07, 6.45) is 3.34. The zero-order chi connectivity index (χ0) is 13.8. The number of aryl methyl sites for hydroxylation is 2. The van der Waals surface area contributed by atoms with Crippen molar-refractivity contribution < 1.29 is 0 Å². The fraction of sp³-hybridized carbons (Fsp3) is 0.714. The molecule has 1 aliphatic heterocycles. The van der Waals surface area contributed by atoms with Gasteiger partial charge in [-0.3, -0.25) is 4.99 Å². The van der Waals surface area contributed by atoms with Gasteiger partial charge in [-0.25, -0.2) is 4.98 Å². The normalized spacial score (nSPS) is 17.1. The topological polar surface area (TPSA) is 54.5 Å². The quantitative estimate of drug-likeness (QED) is 0.475. The summed E-state index contributed by atoms with van der Waals surface area (Å²) in [6.45, 7) is 9.31. The van der Waals surface area contributed by atoms with Crippen LogP contribution in [0.2, 0.25) is 0 Å². The maximum atomic E-state index is 6.05. The summed E-state index contributed by atoms with van der Waals surface area (Å²) in [5.74, 6) is 1.53. The third kappa shape index (κ3) is 4.87. The predicted octanol–water partition coefficient (Wildman–Crippen LogP) is 2.97. The van der Waals surface area contributed by atoms with Crippen LogP contribution in [0.25, 0.3) is 0 Å². The number of nitrogens with two attached hydrogens (primary N) is 1. The van der Waals surface area contributed by atoms with Crippen molar-refractivity contribution in [2.24, 2.45) is 16.6 Å². The number of hydrogen-bond donors (Lipinski definition) is 1. The van der Waals surface area contributed by atoms with E-state index in [4.69, 9.17) is 5.73 Å². The Bertz CT molecular complexity index is 431. The van der Waals surface area contributed by atoms with Gasteiger partial charge in [-0.2, -0.15) is 0 Å². The van der Waals surface area contributed by atoms with Crippen molar-refractivity contribution in [1.82, 2.24) is 9.88 Å². The van der Waals surface area contributed by atoms with E-state index in [1.807, 2.05) is 0 Å². The molecule has 1 aliphatic rings. The maximum absolute atomic E-state index is 6.05. The van der Waals surface area contributed by atoms with Gasteiger partial charge in [-0.05, 0) is 32.6 Å². The molecule has 1 aromatic heterocycles. The van der Waals surface area contributed by atoms with Crippen LogP contribution in [-0.4, -0.2) is 35.5 Å². The number of nitrogens with zero attached hydrogens (tertiary/aromatic N) is 3. The Morgan fingerprint density at radius 2 is 2.05 bits per heavy atom. The predicted molar refractivity (Wildman–Crippen MR) is 97.2 cm³/mol. The molecule has 4 nitrogen and oxygen atoms in total. The van der Waals surface area contributed by atoms with Crippen molar-refractivity contribution in [2.45, 2.75) is 40.0 Å². The smallest absolute Gasteiger partial charge is 0.191 e. The number of hydrogen-bond acceptors (Lipinski definition) is 3. The molecule has 2 rings (SSSR count).